The minimum absolute atomic E-state index is 0.207. The first-order chi connectivity index (χ1) is 13.4. The van der Waals surface area contributed by atoms with Gasteiger partial charge in [-0.15, -0.1) is 0 Å². The zero-order chi connectivity index (χ0) is 19.9. The molecule has 4 rings (SSSR count). The minimum atomic E-state index is -0.207. The Morgan fingerprint density at radius 2 is 0.929 bits per heavy atom. The molecule has 0 spiro atoms. The number of hydrogen-bond donors (Lipinski definition) is 0. The molecule has 0 aliphatic carbocycles. The highest BCUT2D eigenvalue weighted by atomic mass is 14.3. The van der Waals surface area contributed by atoms with Gasteiger partial charge in [0.1, 0.15) is 0 Å². The molecule has 0 aliphatic heterocycles. The Labute approximate surface area is 168 Å². The highest BCUT2D eigenvalue weighted by Gasteiger charge is 2.32. The normalized spacial score (nSPS) is 11.8. The predicted molar refractivity (Wildman–Crippen MR) is 121 cm³/mol. The van der Waals surface area contributed by atoms with Crippen LogP contribution in [-0.2, 0) is 5.41 Å². The van der Waals surface area contributed by atoms with Gasteiger partial charge in [0, 0.05) is 5.41 Å². The second kappa shape index (κ2) is 6.95. The molecule has 0 radical (unpaired) electrons. The van der Waals surface area contributed by atoms with Crippen molar-refractivity contribution in [3.8, 4) is 0 Å². The lowest BCUT2D eigenvalue weighted by Crippen LogP contribution is -2.26. The third-order valence-electron chi connectivity index (χ3n) is 6.50. The largest absolute Gasteiger partial charge is 0.0616 e. The number of aryl methyl sites for hydroxylation is 4. The van der Waals surface area contributed by atoms with Crippen molar-refractivity contribution >= 4 is 10.8 Å². The fourth-order valence-corrected chi connectivity index (χ4v) is 4.11. The molecule has 0 aliphatic rings. The van der Waals surface area contributed by atoms with Crippen LogP contribution in [0.3, 0.4) is 0 Å². The van der Waals surface area contributed by atoms with Crippen molar-refractivity contribution < 1.29 is 0 Å². The summed E-state index contributed by atoms with van der Waals surface area (Å²) in [6.07, 6.45) is 0. The van der Waals surface area contributed by atoms with E-state index in [2.05, 4.69) is 113 Å². The standard InChI is InChI=1S/C28H28/c1-19-10-13-25(16-21(19)3)28(5,26-14-11-20(2)22(4)17-26)27-15-12-23-8-6-7-9-24(23)18-27/h6-18H,1-5H3. The van der Waals surface area contributed by atoms with Gasteiger partial charge in [-0.3, -0.25) is 0 Å². The van der Waals surface area contributed by atoms with Gasteiger partial charge >= 0.3 is 0 Å². The van der Waals surface area contributed by atoms with E-state index in [1.807, 2.05) is 0 Å². The van der Waals surface area contributed by atoms with Crippen LogP contribution in [0.2, 0.25) is 0 Å². The van der Waals surface area contributed by atoms with Crippen LogP contribution in [0, 0.1) is 27.7 Å². The third kappa shape index (κ3) is 3.03. The Morgan fingerprint density at radius 3 is 1.46 bits per heavy atom. The second-order valence-electron chi connectivity index (χ2n) is 8.29. The average molecular weight is 365 g/mol. The van der Waals surface area contributed by atoms with Gasteiger partial charge in [-0.2, -0.15) is 0 Å². The van der Waals surface area contributed by atoms with Gasteiger partial charge < -0.3 is 0 Å². The monoisotopic (exact) mass is 364 g/mol. The van der Waals surface area contributed by atoms with Crippen LogP contribution in [-0.4, -0.2) is 0 Å². The number of benzene rings is 4. The third-order valence-corrected chi connectivity index (χ3v) is 6.50. The summed E-state index contributed by atoms with van der Waals surface area (Å²) in [5.74, 6) is 0. The molecule has 0 heteroatoms. The predicted octanol–water partition coefficient (Wildman–Crippen LogP) is 7.43. The van der Waals surface area contributed by atoms with Crippen molar-refractivity contribution in [1.82, 2.24) is 0 Å². The molecule has 0 atom stereocenters. The summed E-state index contributed by atoms with van der Waals surface area (Å²) in [6.45, 7) is 11.1. The summed E-state index contributed by atoms with van der Waals surface area (Å²) in [6, 6.07) is 29.4. The number of fused-ring (bicyclic) bond motifs is 1. The molecule has 0 unspecified atom stereocenters. The van der Waals surface area contributed by atoms with E-state index in [-0.39, 0.29) is 5.41 Å². The molecule has 28 heavy (non-hydrogen) atoms. The zero-order valence-corrected chi connectivity index (χ0v) is 17.5. The van der Waals surface area contributed by atoms with Crippen LogP contribution in [0.4, 0.5) is 0 Å². The maximum Gasteiger partial charge on any atom is 0.0423 e. The van der Waals surface area contributed by atoms with Crippen molar-refractivity contribution in [2.45, 2.75) is 40.0 Å². The van der Waals surface area contributed by atoms with Crippen molar-refractivity contribution in [3.63, 3.8) is 0 Å². The van der Waals surface area contributed by atoms with Crippen LogP contribution >= 0.6 is 0 Å². The van der Waals surface area contributed by atoms with E-state index >= 15 is 0 Å². The lowest BCUT2D eigenvalue weighted by Gasteiger charge is -2.33. The van der Waals surface area contributed by atoms with E-state index in [0.717, 1.165) is 0 Å². The molecule has 4 aromatic rings. The summed E-state index contributed by atoms with van der Waals surface area (Å²) >= 11 is 0. The van der Waals surface area contributed by atoms with Crippen molar-refractivity contribution in [2.24, 2.45) is 0 Å². The zero-order valence-electron chi connectivity index (χ0n) is 17.5. The van der Waals surface area contributed by atoms with E-state index in [9.17, 15) is 0 Å². The molecule has 0 fully saturated rings. The van der Waals surface area contributed by atoms with Crippen molar-refractivity contribution in [2.75, 3.05) is 0 Å². The van der Waals surface area contributed by atoms with Gasteiger partial charge in [0.15, 0.2) is 0 Å². The highest BCUT2D eigenvalue weighted by molar-refractivity contribution is 5.83. The highest BCUT2D eigenvalue weighted by Crippen LogP contribution is 2.41. The lowest BCUT2D eigenvalue weighted by atomic mass is 9.70. The van der Waals surface area contributed by atoms with E-state index in [1.165, 1.54) is 49.7 Å². The molecule has 0 saturated carbocycles. The quantitative estimate of drug-likeness (QED) is 0.332. The summed E-state index contributed by atoms with van der Waals surface area (Å²) in [5, 5.41) is 2.58. The Kier molecular flexibility index (Phi) is 4.59. The Balaban J connectivity index is 2.01. The second-order valence-corrected chi connectivity index (χ2v) is 8.29. The van der Waals surface area contributed by atoms with Crippen LogP contribution in [0.15, 0.2) is 78.9 Å². The summed E-state index contributed by atoms with van der Waals surface area (Å²) in [7, 11) is 0. The van der Waals surface area contributed by atoms with Gasteiger partial charge in [-0.25, -0.2) is 0 Å². The molecule has 0 amide bonds. The fourth-order valence-electron chi connectivity index (χ4n) is 4.11. The molecular weight excluding hydrogens is 336 g/mol. The SMILES string of the molecule is Cc1ccc(C(C)(c2ccc(C)c(C)c2)c2ccc3ccccc3c2)cc1C. The fraction of sp³-hybridized carbons (Fsp3) is 0.214. The van der Waals surface area contributed by atoms with E-state index in [0.29, 0.717) is 0 Å². The first-order valence-corrected chi connectivity index (χ1v) is 10.0. The Bertz CT molecular complexity index is 1110. The van der Waals surface area contributed by atoms with Gasteiger partial charge in [-0.05, 0) is 90.4 Å². The van der Waals surface area contributed by atoms with Crippen LogP contribution < -0.4 is 0 Å². The molecule has 140 valence electrons. The smallest absolute Gasteiger partial charge is 0.0423 e. The maximum atomic E-state index is 2.37. The Morgan fingerprint density at radius 1 is 0.464 bits per heavy atom. The molecule has 0 nitrogen and oxygen atoms in total. The van der Waals surface area contributed by atoms with Crippen LogP contribution in [0.25, 0.3) is 10.8 Å². The van der Waals surface area contributed by atoms with Crippen molar-refractivity contribution in [1.29, 1.82) is 0 Å². The average Bonchev–Trinajstić information content (AvgIpc) is 2.71. The number of rotatable bonds is 3. The van der Waals surface area contributed by atoms with Gasteiger partial charge in [0.2, 0.25) is 0 Å². The molecule has 0 aromatic heterocycles. The topological polar surface area (TPSA) is 0 Å². The lowest BCUT2D eigenvalue weighted by molar-refractivity contribution is 0.691. The van der Waals surface area contributed by atoms with Crippen LogP contribution in [0.1, 0.15) is 45.9 Å². The molecule has 4 aromatic carbocycles. The van der Waals surface area contributed by atoms with Gasteiger partial charge in [0.25, 0.3) is 0 Å². The molecular formula is C28H28. The van der Waals surface area contributed by atoms with Crippen LogP contribution in [0.5, 0.6) is 0 Å². The first kappa shape index (κ1) is 18.5. The van der Waals surface area contributed by atoms with Gasteiger partial charge in [0.05, 0.1) is 0 Å². The van der Waals surface area contributed by atoms with E-state index in [1.54, 1.807) is 0 Å². The maximum absolute atomic E-state index is 2.37. The number of hydrogen-bond acceptors (Lipinski definition) is 0. The molecule has 0 heterocycles. The van der Waals surface area contributed by atoms with Gasteiger partial charge in [-0.1, -0.05) is 72.8 Å². The summed E-state index contributed by atoms with van der Waals surface area (Å²) in [4.78, 5) is 0. The molecule has 0 saturated heterocycles. The van der Waals surface area contributed by atoms with E-state index in [4.69, 9.17) is 0 Å². The molecule has 0 N–H and O–H groups in total. The Hall–Kier alpha value is -2.86. The minimum Gasteiger partial charge on any atom is -0.0616 e. The van der Waals surface area contributed by atoms with E-state index < -0.39 is 0 Å². The molecule has 0 bridgehead atoms. The summed E-state index contributed by atoms with van der Waals surface area (Å²) in [5.41, 5.74) is 9.16. The first-order valence-electron chi connectivity index (χ1n) is 10.0. The summed E-state index contributed by atoms with van der Waals surface area (Å²) < 4.78 is 0. The van der Waals surface area contributed by atoms with Crippen molar-refractivity contribution in [3.05, 3.63) is 118 Å².